The average molecular weight is 563 g/mol. The molecule has 2 aromatic rings. The number of rotatable bonds is 7. The van der Waals surface area contributed by atoms with E-state index in [1.54, 1.807) is 18.1 Å². The van der Waals surface area contributed by atoms with Crippen LogP contribution < -0.4 is 4.74 Å². The van der Waals surface area contributed by atoms with Crippen LogP contribution in [0.1, 0.15) is 67.1 Å². The number of nitrogens with zero attached hydrogens (tertiary/aromatic N) is 4. The monoisotopic (exact) mass is 562 g/mol. The smallest absolute Gasteiger partial charge is 0.254 e. The highest BCUT2D eigenvalue weighted by molar-refractivity contribution is 5.96. The fourth-order valence-corrected chi connectivity index (χ4v) is 6.45. The van der Waals surface area contributed by atoms with Crippen LogP contribution in [-0.2, 0) is 29.1 Å². The zero-order chi connectivity index (χ0) is 29.3. The predicted molar refractivity (Wildman–Crippen MR) is 156 cm³/mol. The highest BCUT2D eigenvalue weighted by atomic mass is 16.5. The lowest BCUT2D eigenvalue weighted by Crippen LogP contribution is -2.55. The molecule has 5 rings (SSSR count). The molecular formula is C32H42N4O5. The van der Waals surface area contributed by atoms with Gasteiger partial charge in [0.15, 0.2) is 11.5 Å². The summed E-state index contributed by atoms with van der Waals surface area (Å²) in [6.07, 6.45) is 3.32. The summed E-state index contributed by atoms with van der Waals surface area (Å²) < 4.78 is 5.27. The summed E-state index contributed by atoms with van der Waals surface area (Å²) in [6, 6.07) is 11.2. The number of aryl methyl sites for hydroxylation is 1. The van der Waals surface area contributed by atoms with Crippen molar-refractivity contribution >= 4 is 17.7 Å². The highest BCUT2D eigenvalue weighted by Gasteiger charge is 2.38. The van der Waals surface area contributed by atoms with Crippen molar-refractivity contribution in [2.75, 3.05) is 39.8 Å². The van der Waals surface area contributed by atoms with Crippen LogP contribution in [0.5, 0.6) is 11.5 Å². The van der Waals surface area contributed by atoms with Gasteiger partial charge in [-0.3, -0.25) is 19.3 Å². The summed E-state index contributed by atoms with van der Waals surface area (Å²) in [5.41, 5.74) is 4.04. The third-order valence-electron chi connectivity index (χ3n) is 9.16. The first kappa shape index (κ1) is 28.9. The fraction of sp³-hybridized carbons (Fsp3) is 0.531. The molecule has 9 nitrogen and oxygen atoms in total. The second-order valence-electron chi connectivity index (χ2n) is 12.1. The SMILES string of the molecule is COc1cc(CCC(C)(C)N2Cc3cccc(C(=O)N4CCN(C(=O)C5CCCN5C(C)=O)CC4)c3C2)ccc1O. The molecule has 9 heteroatoms. The second-order valence-corrected chi connectivity index (χ2v) is 12.1. The number of phenolic OH excluding ortho intramolecular Hbond substituents is 1. The number of carbonyl (C=O) groups excluding carboxylic acids is 3. The van der Waals surface area contributed by atoms with Crippen molar-refractivity contribution in [1.82, 2.24) is 19.6 Å². The molecule has 2 saturated heterocycles. The number of ether oxygens (including phenoxy) is 1. The van der Waals surface area contributed by atoms with Crippen molar-refractivity contribution < 1.29 is 24.2 Å². The maximum absolute atomic E-state index is 13.7. The molecule has 3 aliphatic rings. The Morgan fingerprint density at radius 1 is 1.00 bits per heavy atom. The van der Waals surface area contributed by atoms with Gasteiger partial charge in [-0.2, -0.15) is 0 Å². The molecule has 0 spiro atoms. The Labute approximate surface area is 242 Å². The number of amides is 3. The van der Waals surface area contributed by atoms with Crippen molar-refractivity contribution in [2.24, 2.45) is 0 Å². The molecule has 0 radical (unpaired) electrons. The van der Waals surface area contributed by atoms with E-state index in [1.165, 1.54) is 12.5 Å². The van der Waals surface area contributed by atoms with Gasteiger partial charge in [-0.15, -0.1) is 0 Å². The number of likely N-dealkylation sites (tertiary alicyclic amines) is 1. The normalized spacial score (nSPS) is 19.4. The Kier molecular flexibility index (Phi) is 8.27. The lowest BCUT2D eigenvalue weighted by Gasteiger charge is -2.37. The van der Waals surface area contributed by atoms with E-state index in [2.05, 4.69) is 24.8 Å². The van der Waals surface area contributed by atoms with Crippen molar-refractivity contribution in [2.45, 2.75) is 71.1 Å². The van der Waals surface area contributed by atoms with Crippen LogP contribution in [0.4, 0.5) is 0 Å². The minimum absolute atomic E-state index is 0.00835. The number of aromatic hydroxyl groups is 1. The van der Waals surface area contributed by atoms with E-state index >= 15 is 0 Å². The minimum atomic E-state index is -0.363. The summed E-state index contributed by atoms with van der Waals surface area (Å²) >= 11 is 0. The maximum atomic E-state index is 13.7. The molecule has 3 aliphatic heterocycles. The molecule has 2 fully saturated rings. The fourth-order valence-electron chi connectivity index (χ4n) is 6.45. The number of hydrogen-bond acceptors (Lipinski definition) is 6. The van der Waals surface area contributed by atoms with Crippen LogP contribution in [0.15, 0.2) is 36.4 Å². The number of carbonyl (C=O) groups is 3. The Bertz CT molecular complexity index is 1320. The lowest BCUT2D eigenvalue weighted by molar-refractivity contribution is -0.143. The van der Waals surface area contributed by atoms with Crippen LogP contribution in [0.2, 0.25) is 0 Å². The van der Waals surface area contributed by atoms with E-state index in [1.807, 2.05) is 34.1 Å². The largest absolute Gasteiger partial charge is 0.504 e. The van der Waals surface area contributed by atoms with Gasteiger partial charge >= 0.3 is 0 Å². The first-order chi connectivity index (χ1) is 19.6. The van der Waals surface area contributed by atoms with E-state index in [0.717, 1.165) is 42.5 Å². The number of fused-ring (bicyclic) bond motifs is 1. The first-order valence-corrected chi connectivity index (χ1v) is 14.7. The minimum Gasteiger partial charge on any atom is -0.504 e. The summed E-state index contributed by atoms with van der Waals surface area (Å²) in [5, 5.41) is 9.92. The number of phenols is 1. The molecule has 1 unspecified atom stereocenters. The Hall–Kier alpha value is -3.59. The Morgan fingerprint density at radius 3 is 2.44 bits per heavy atom. The van der Waals surface area contributed by atoms with Crippen molar-refractivity contribution in [1.29, 1.82) is 0 Å². The molecule has 1 atom stereocenters. The number of hydrogen-bond donors (Lipinski definition) is 1. The molecule has 0 aromatic heterocycles. The van der Waals surface area contributed by atoms with Gasteiger partial charge in [-0.1, -0.05) is 18.2 Å². The molecule has 41 heavy (non-hydrogen) atoms. The lowest BCUT2D eigenvalue weighted by atomic mass is 9.93. The molecule has 1 N–H and O–H groups in total. The van der Waals surface area contributed by atoms with Crippen LogP contribution >= 0.6 is 0 Å². The molecule has 3 heterocycles. The third-order valence-corrected chi connectivity index (χ3v) is 9.16. The topological polar surface area (TPSA) is 93.6 Å². The van der Waals surface area contributed by atoms with E-state index in [9.17, 15) is 19.5 Å². The van der Waals surface area contributed by atoms with Gasteiger partial charge in [0.25, 0.3) is 5.91 Å². The maximum Gasteiger partial charge on any atom is 0.254 e. The zero-order valence-electron chi connectivity index (χ0n) is 24.7. The second kappa shape index (κ2) is 11.7. The van der Waals surface area contributed by atoms with Gasteiger partial charge in [0, 0.05) is 63.8 Å². The van der Waals surface area contributed by atoms with Gasteiger partial charge in [-0.25, -0.2) is 0 Å². The third kappa shape index (κ3) is 5.91. The average Bonchev–Trinajstić information content (AvgIpc) is 3.64. The quantitative estimate of drug-likeness (QED) is 0.556. The van der Waals surface area contributed by atoms with Gasteiger partial charge in [0.1, 0.15) is 6.04 Å². The number of benzene rings is 2. The Balaban J connectivity index is 1.20. The van der Waals surface area contributed by atoms with E-state index < -0.39 is 0 Å². The molecule has 0 aliphatic carbocycles. The van der Waals surface area contributed by atoms with Gasteiger partial charge in [0.05, 0.1) is 7.11 Å². The summed E-state index contributed by atoms with van der Waals surface area (Å²) in [6.45, 7) is 10.1. The molecule has 2 aromatic carbocycles. The molecule has 220 valence electrons. The van der Waals surface area contributed by atoms with Crippen LogP contribution in [0, 0.1) is 0 Å². The molecular weight excluding hydrogens is 520 g/mol. The van der Waals surface area contributed by atoms with E-state index in [0.29, 0.717) is 51.4 Å². The van der Waals surface area contributed by atoms with Gasteiger partial charge < -0.3 is 24.5 Å². The molecule has 0 bridgehead atoms. The van der Waals surface area contributed by atoms with Crippen molar-refractivity contribution in [3.63, 3.8) is 0 Å². The van der Waals surface area contributed by atoms with E-state index in [4.69, 9.17) is 4.74 Å². The van der Waals surface area contributed by atoms with Gasteiger partial charge in [0.2, 0.25) is 11.8 Å². The van der Waals surface area contributed by atoms with Crippen molar-refractivity contribution in [3.8, 4) is 11.5 Å². The van der Waals surface area contributed by atoms with E-state index in [-0.39, 0.29) is 35.1 Å². The summed E-state index contributed by atoms with van der Waals surface area (Å²) in [5.74, 6) is 0.610. The van der Waals surface area contributed by atoms with Crippen LogP contribution in [0.25, 0.3) is 0 Å². The highest BCUT2D eigenvalue weighted by Crippen LogP contribution is 2.35. The summed E-state index contributed by atoms with van der Waals surface area (Å²) in [4.78, 5) is 46.6. The number of piperazine rings is 1. The van der Waals surface area contributed by atoms with Crippen molar-refractivity contribution in [3.05, 3.63) is 58.7 Å². The molecule has 0 saturated carbocycles. The van der Waals surface area contributed by atoms with Crippen LogP contribution in [-0.4, -0.2) is 93.8 Å². The van der Waals surface area contributed by atoms with Gasteiger partial charge in [-0.05, 0) is 74.4 Å². The first-order valence-electron chi connectivity index (χ1n) is 14.7. The zero-order valence-corrected chi connectivity index (χ0v) is 24.7. The van der Waals surface area contributed by atoms with Crippen LogP contribution in [0.3, 0.4) is 0 Å². The standard InChI is InChI=1S/C32H42N4O5/c1-22(37)36-14-6-9-27(36)31(40)34-17-15-33(16-18-34)30(39)25-8-5-7-24-20-35(21-26(24)25)32(2,3)13-12-23-10-11-28(38)29(19-23)41-4/h5,7-8,10-11,19,27,38H,6,9,12-18,20-21H2,1-4H3. The Morgan fingerprint density at radius 2 is 1.73 bits per heavy atom. The number of methoxy groups -OCH3 is 1. The molecule has 3 amide bonds. The summed E-state index contributed by atoms with van der Waals surface area (Å²) in [7, 11) is 1.56. The predicted octanol–water partition coefficient (Wildman–Crippen LogP) is 3.42.